The van der Waals surface area contributed by atoms with E-state index in [2.05, 4.69) is 53.4 Å². The summed E-state index contributed by atoms with van der Waals surface area (Å²) in [6, 6.07) is 24.5. The molecule has 2 aromatic heterocycles. The van der Waals surface area contributed by atoms with Gasteiger partial charge in [0.2, 0.25) is 0 Å². The first kappa shape index (κ1) is 42.6. The molecule has 0 unspecified atom stereocenters. The van der Waals surface area contributed by atoms with Crippen molar-refractivity contribution >= 4 is 114 Å². The maximum absolute atomic E-state index is 13.8. The number of thiazole rings is 2. The molecule has 6 rings (SSSR count). The van der Waals surface area contributed by atoms with Crippen molar-refractivity contribution in [3.05, 3.63) is 124 Å². The lowest BCUT2D eigenvalue weighted by Crippen LogP contribution is -2.35. The normalized spacial score (nSPS) is 14.7. The van der Waals surface area contributed by atoms with Crippen molar-refractivity contribution in [3.8, 4) is 0 Å². The minimum Gasteiger partial charge on any atom is -0.480 e. The van der Waals surface area contributed by atoms with Crippen molar-refractivity contribution in [2.45, 2.75) is 13.5 Å². The van der Waals surface area contributed by atoms with E-state index >= 15 is 0 Å². The number of rotatable bonds is 14. The molecule has 19 heteroatoms. The summed E-state index contributed by atoms with van der Waals surface area (Å²) in [5, 5.41) is 18.9. The van der Waals surface area contributed by atoms with Crippen LogP contribution in [0.15, 0.2) is 88.5 Å². The Balaban J connectivity index is 1.41. The molecule has 3 heterocycles. The number of thiocarbonyl (C=S) groups is 1. The van der Waals surface area contributed by atoms with Gasteiger partial charge in [-0.25, -0.2) is 4.99 Å². The number of hydrogen-bond donors (Lipinski definition) is 2. The number of carbonyl (C=O) groups excluding carboxylic acids is 1. The Morgan fingerprint density at radius 1 is 0.746 bits per heavy atom. The molecule has 0 saturated carbocycles. The van der Waals surface area contributed by atoms with Gasteiger partial charge in [0.05, 0.1) is 11.1 Å². The van der Waals surface area contributed by atoms with Gasteiger partial charge in [-0.2, -0.15) is 4.89 Å². The van der Waals surface area contributed by atoms with Crippen LogP contribution >= 0.6 is 46.7 Å². The number of anilines is 5. The molecular weight excluding hydrogens is 837 g/mol. The van der Waals surface area contributed by atoms with E-state index in [1.54, 1.807) is 19.1 Å². The van der Waals surface area contributed by atoms with E-state index in [1.165, 1.54) is 0 Å². The number of benzene rings is 3. The number of thioether (sulfide) groups is 1. The third-order valence-corrected chi connectivity index (χ3v) is 12.7. The number of carboxylic acids is 2. The van der Waals surface area contributed by atoms with E-state index < -0.39 is 42.1 Å². The van der Waals surface area contributed by atoms with Gasteiger partial charge in [-0.3, -0.25) is 33.4 Å². The first-order valence-electron chi connectivity index (χ1n) is 17.8. The Morgan fingerprint density at radius 2 is 1.27 bits per heavy atom. The predicted molar refractivity (Wildman–Crippen MR) is 236 cm³/mol. The fourth-order valence-electron chi connectivity index (χ4n) is 5.82. The van der Waals surface area contributed by atoms with Crippen molar-refractivity contribution in [2.75, 3.05) is 56.0 Å². The van der Waals surface area contributed by atoms with Gasteiger partial charge in [-0.15, -0.1) is 22.7 Å². The summed E-state index contributed by atoms with van der Waals surface area (Å²) in [7, 11) is 7.98. The molecule has 1 amide bonds. The lowest BCUT2D eigenvalue weighted by atomic mass is 10.1. The molecule has 0 spiro atoms. The van der Waals surface area contributed by atoms with Crippen LogP contribution in [0.2, 0.25) is 0 Å². The third-order valence-electron chi connectivity index (χ3n) is 8.68. The Bertz CT molecular complexity index is 2740. The first-order valence-corrected chi connectivity index (χ1v) is 20.6. The fourth-order valence-corrected chi connectivity index (χ4v) is 9.44. The van der Waals surface area contributed by atoms with Crippen molar-refractivity contribution in [2.24, 2.45) is 0 Å². The summed E-state index contributed by atoms with van der Waals surface area (Å²) in [5.41, 5.74) is 4.41. The minimum atomic E-state index is -1.37. The number of allylic oxidation sites excluding steroid dienone is 1. The van der Waals surface area contributed by atoms with Crippen molar-refractivity contribution in [1.29, 1.82) is 0 Å². The quantitative estimate of drug-likeness (QED) is 0.0933. The molecule has 1 fully saturated rings. The molecule has 5 aromatic rings. The number of amides is 1. The monoisotopic (exact) mass is 874 g/mol. The smallest absolute Gasteiger partial charge is 0.323 e. The molecule has 0 bridgehead atoms. The van der Waals surface area contributed by atoms with E-state index in [0.717, 1.165) is 82.6 Å². The van der Waals surface area contributed by atoms with Gasteiger partial charge in [-0.1, -0.05) is 53.0 Å². The average Bonchev–Trinajstić information content (AvgIpc) is 3.79. The highest BCUT2D eigenvalue weighted by molar-refractivity contribution is 8.30. The molecule has 2 N–H and O–H groups in total. The molecule has 0 atom stereocenters. The molecule has 0 aliphatic carbocycles. The molecule has 15 nitrogen and oxygen atoms in total. The van der Waals surface area contributed by atoms with Crippen LogP contribution in [0.25, 0.3) is 17.1 Å². The van der Waals surface area contributed by atoms with Gasteiger partial charge in [-0.05, 0) is 79.2 Å². The average molecular weight is 875 g/mol. The van der Waals surface area contributed by atoms with Gasteiger partial charge in [0.1, 0.15) is 31.5 Å². The number of carboxylic acid groups (broad SMARTS) is 2. The van der Waals surface area contributed by atoms with E-state index in [-0.39, 0.29) is 34.2 Å². The van der Waals surface area contributed by atoms with Crippen molar-refractivity contribution in [3.63, 3.8) is 0 Å². The van der Waals surface area contributed by atoms with Crippen molar-refractivity contribution < 1.29 is 34.5 Å². The van der Waals surface area contributed by atoms with E-state index in [9.17, 15) is 34.2 Å². The summed E-state index contributed by atoms with van der Waals surface area (Å²) in [6.07, 6.45) is 5.05. The zero-order valence-corrected chi connectivity index (χ0v) is 35.6. The van der Waals surface area contributed by atoms with Crippen molar-refractivity contribution in [1.82, 2.24) is 14.2 Å². The molecule has 3 aromatic carbocycles. The largest absolute Gasteiger partial charge is 0.480 e. The minimum absolute atomic E-state index is 0.00817. The fraction of sp³-hybridized carbons (Fsp3) is 0.200. The standard InChI is InChI=1S/C40H38N6O9S4/c1-6-54-55-46-35(51)30(57-39(46)34-36(52)43(22-31(47)48)38(58-34)33-37(53)44(23-32(49)50)40(56)59-33)9-7-8-24-10-12-27(13-11-24)45(28-18-14-25(15-19-28)41(2)3)29-20-16-26(17-21-29)42(4)5/h7-21H,6,22-23H2,1-5H3,(H,47,48)(H,49,50)/b8-7+,30-9+,38-33+,39-34-. The van der Waals surface area contributed by atoms with E-state index in [1.807, 2.05) is 68.3 Å². The van der Waals surface area contributed by atoms with Crippen LogP contribution in [0.1, 0.15) is 12.5 Å². The highest BCUT2D eigenvalue weighted by Crippen LogP contribution is 2.36. The molecule has 0 radical (unpaired) electrons. The summed E-state index contributed by atoms with van der Waals surface area (Å²) >= 11 is 7.61. The predicted octanol–water partition coefficient (Wildman–Crippen LogP) is 4.03. The highest BCUT2D eigenvalue weighted by Gasteiger charge is 2.35. The summed E-state index contributed by atoms with van der Waals surface area (Å²) in [4.78, 5) is 81.3. The number of aliphatic carboxylic acids is 2. The lowest BCUT2D eigenvalue weighted by molar-refractivity contribution is -0.292. The van der Waals surface area contributed by atoms with Gasteiger partial charge < -0.3 is 24.9 Å². The number of carbonyl (C=O) groups is 3. The van der Waals surface area contributed by atoms with E-state index in [0.29, 0.717) is 0 Å². The zero-order chi connectivity index (χ0) is 42.5. The van der Waals surface area contributed by atoms with Gasteiger partial charge in [0.25, 0.3) is 11.5 Å². The van der Waals surface area contributed by atoms with Crippen LogP contribution in [0.4, 0.5) is 28.4 Å². The molecule has 1 aliphatic heterocycles. The van der Waals surface area contributed by atoms with Gasteiger partial charge in [0.15, 0.2) is 4.66 Å². The maximum Gasteiger partial charge on any atom is 0.323 e. The van der Waals surface area contributed by atoms with Gasteiger partial charge in [0, 0.05) is 56.6 Å². The second-order valence-corrected chi connectivity index (χ2v) is 16.8. The highest BCUT2D eigenvalue weighted by atomic mass is 32.2. The molecule has 59 heavy (non-hydrogen) atoms. The van der Waals surface area contributed by atoms with Crippen LogP contribution in [0.3, 0.4) is 0 Å². The van der Waals surface area contributed by atoms with Crippen LogP contribution in [0.5, 0.6) is 0 Å². The number of nitrogens with zero attached hydrogens (tertiary/aromatic N) is 6. The molecule has 306 valence electrons. The SMILES string of the molecule is CCOOn1c(=O)/c(=C\C=C\c2ccc(N(c3ccc(N(C)C)cc3)c3ccc(N(C)C)cc3)cc2)s/c1=c1\s/c(=C2/SC(=S)N(CC(=O)O)C2=O)n(CC(=O)O)c1=O. The number of aromatic nitrogens is 2. The maximum atomic E-state index is 13.8. The Kier molecular flexibility index (Phi) is 13.2. The Hall–Kier alpha value is -5.99. The van der Waals surface area contributed by atoms with E-state index in [4.69, 9.17) is 22.1 Å². The summed E-state index contributed by atoms with van der Waals surface area (Å²) in [6.45, 7) is 0.150. The second-order valence-electron chi connectivity index (χ2n) is 13.1. The summed E-state index contributed by atoms with van der Waals surface area (Å²) in [5.74, 6) is -3.47. The van der Waals surface area contributed by atoms with Crippen LogP contribution in [-0.4, -0.2) is 87.9 Å². The summed E-state index contributed by atoms with van der Waals surface area (Å²) < 4.78 is 1.58. The van der Waals surface area contributed by atoms with Gasteiger partial charge >= 0.3 is 17.5 Å². The van der Waals surface area contributed by atoms with Crippen LogP contribution in [0, 0.1) is 9.20 Å². The van der Waals surface area contributed by atoms with Crippen LogP contribution in [-0.2, 0) is 25.8 Å². The molecule has 1 aliphatic rings. The zero-order valence-electron chi connectivity index (χ0n) is 32.4. The third kappa shape index (κ3) is 9.34. The number of hydrogen-bond acceptors (Lipinski definition) is 14. The topological polar surface area (TPSA) is 167 Å². The lowest BCUT2D eigenvalue weighted by Gasteiger charge is -2.27. The Labute approximate surface area is 354 Å². The second kappa shape index (κ2) is 18.3. The molecule has 1 saturated heterocycles. The Morgan fingerprint density at radius 3 is 1.78 bits per heavy atom. The molecular formula is C40H38N6O9S4. The van der Waals surface area contributed by atoms with Crippen LogP contribution < -0.4 is 40.0 Å². The first-order chi connectivity index (χ1) is 28.2.